The molecule has 1 rings (SSSR count). The molecule has 1 heterocycles. The SMILES string of the molecule is C/C=C/C(=O)O[C@H](/C=C/[C@H](OC(C)=O)[C@@H]1CCC(=O)O1)[C@@H](C)O. The van der Waals surface area contributed by atoms with Crippen LogP contribution in [-0.4, -0.2) is 47.4 Å². The van der Waals surface area contributed by atoms with Gasteiger partial charge in [-0.2, -0.15) is 0 Å². The van der Waals surface area contributed by atoms with Gasteiger partial charge in [0.1, 0.15) is 12.2 Å². The van der Waals surface area contributed by atoms with Crippen molar-refractivity contribution in [2.45, 2.75) is 58.0 Å². The van der Waals surface area contributed by atoms with Crippen LogP contribution in [0, 0.1) is 0 Å². The smallest absolute Gasteiger partial charge is 0.331 e. The summed E-state index contributed by atoms with van der Waals surface area (Å²) in [5, 5.41) is 9.69. The van der Waals surface area contributed by atoms with E-state index in [1.54, 1.807) is 6.92 Å². The maximum Gasteiger partial charge on any atom is 0.331 e. The Balaban J connectivity index is 2.80. The fourth-order valence-electron chi connectivity index (χ4n) is 2.04. The second kappa shape index (κ2) is 9.09. The summed E-state index contributed by atoms with van der Waals surface area (Å²) in [5.41, 5.74) is 0. The van der Waals surface area contributed by atoms with Crippen molar-refractivity contribution in [3.63, 3.8) is 0 Å². The van der Waals surface area contributed by atoms with Gasteiger partial charge in [0.25, 0.3) is 0 Å². The zero-order chi connectivity index (χ0) is 17.4. The monoisotopic (exact) mass is 326 g/mol. The van der Waals surface area contributed by atoms with Gasteiger partial charge >= 0.3 is 17.9 Å². The van der Waals surface area contributed by atoms with Crippen molar-refractivity contribution >= 4 is 17.9 Å². The first kappa shape index (κ1) is 18.9. The molecule has 0 spiro atoms. The number of carbonyl (C=O) groups excluding carboxylic acids is 3. The van der Waals surface area contributed by atoms with E-state index >= 15 is 0 Å². The van der Waals surface area contributed by atoms with E-state index in [1.165, 1.54) is 38.2 Å². The van der Waals surface area contributed by atoms with Gasteiger partial charge in [-0.15, -0.1) is 0 Å². The zero-order valence-electron chi connectivity index (χ0n) is 13.4. The average molecular weight is 326 g/mol. The lowest BCUT2D eigenvalue weighted by atomic mass is 10.1. The molecule has 0 aromatic heterocycles. The van der Waals surface area contributed by atoms with Gasteiger partial charge in [0.15, 0.2) is 6.10 Å². The summed E-state index contributed by atoms with van der Waals surface area (Å²) in [6.45, 7) is 4.38. The molecule has 0 aliphatic carbocycles. The van der Waals surface area contributed by atoms with Gasteiger partial charge in [-0.25, -0.2) is 4.79 Å². The van der Waals surface area contributed by atoms with Crippen LogP contribution < -0.4 is 0 Å². The normalized spacial score (nSPS) is 21.9. The average Bonchev–Trinajstić information content (AvgIpc) is 2.88. The van der Waals surface area contributed by atoms with Crippen LogP contribution in [0.2, 0.25) is 0 Å². The Morgan fingerprint density at radius 2 is 2.04 bits per heavy atom. The summed E-state index contributed by atoms with van der Waals surface area (Å²) in [7, 11) is 0. The fraction of sp³-hybridized carbons (Fsp3) is 0.562. The van der Waals surface area contributed by atoms with E-state index in [2.05, 4.69) is 0 Å². The number of ether oxygens (including phenoxy) is 3. The molecule has 1 N–H and O–H groups in total. The molecule has 1 aliphatic rings. The second-order valence-electron chi connectivity index (χ2n) is 5.17. The van der Waals surface area contributed by atoms with E-state index in [0.717, 1.165) is 0 Å². The predicted molar refractivity (Wildman–Crippen MR) is 80.2 cm³/mol. The molecule has 7 nitrogen and oxygen atoms in total. The Hall–Kier alpha value is -2.15. The Bertz CT molecular complexity index is 493. The molecule has 0 aromatic carbocycles. The van der Waals surface area contributed by atoms with Gasteiger partial charge in [0.2, 0.25) is 0 Å². The molecule has 7 heteroatoms. The van der Waals surface area contributed by atoms with E-state index in [1.807, 2.05) is 0 Å². The van der Waals surface area contributed by atoms with E-state index < -0.39 is 36.4 Å². The summed E-state index contributed by atoms with van der Waals surface area (Å²) in [6, 6.07) is 0. The van der Waals surface area contributed by atoms with E-state index in [-0.39, 0.29) is 12.4 Å². The predicted octanol–water partition coefficient (Wildman–Crippen LogP) is 1.05. The Kier molecular flexibility index (Phi) is 7.47. The number of hydrogen-bond acceptors (Lipinski definition) is 7. The number of rotatable bonds is 7. The molecule has 0 radical (unpaired) electrons. The number of aliphatic hydroxyl groups excluding tert-OH is 1. The van der Waals surface area contributed by atoms with Crippen molar-refractivity contribution in [3.05, 3.63) is 24.3 Å². The maximum absolute atomic E-state index is 11.5. The van der Waals surface area contributed by atoms with Crippen molar-refractivity contribution in [2.75, 3.05) is 0 Å². The maximum atomic E-state index is 11.5. The first-order chi connectivity index (χ1) is 10.8. The van der Waals surface area contributed by atoms with Gasteiger partial charge in [-0.05, 0) is 32.4 Å². The Labute approximate surface area is 134 Å². The van der Waals surface area contributed by atoms with E-state index in [4.69, 9.17) is 14.2 Å². The molecule has 128 valence electrons. The number of cyclic esters (lactones) is 1. The van der Waals surface area contributed by atoms with Gasteiger partial charge < -0.3 is 19.3 Å². The Morgan fingerprint density at radius 1 is 1.35 bits per heavy atom. The van der Waals surface area contributed by atoms with Gasteiger partial charge in [0, 0.05) is 19.4 Å². The van der Waals surface area contributed by atoms with Crippen LogP contribution in [0.1, 0.15) is 33.6 Å². The molecule has 1 saturated heterocycles. The highest BCUT2D eigenvalue weighted by Crippen LogP contribution is 2.21. The Morgan fingerprint density at radius 3 is 2.52 bits per heavy atom. The fourth-order valence-corrected chi connectivity index (χ4v) is 2.04. The van der Waals surface area contributed by atoms with Crippen LogP contribution in [0.5, 0.6) is 0 Å². The molecule has 1 aliphatic heterocycles. The lowest BCUT2D eigenvalue weighted by Crippen LogP contribution is -2.31. The highest BCUT2D eigenvalue weighted by molar-refractivity contribution is 5.82. The number of carbonyl (C=O) groups is 3. The van der Waals surface area contributed by atoms with Crippen LogP contribution in [0.4, 0.5) is 0 Å². The lowest BCUT2D eigenvalue weighted by Gasteiger charge is -2.21. The zero-order valence-corrected chi connectivity index (χ0v) is 13.4. The highest BCUT2D eigenvalue weighted by Gasteiger charge is 2.32. The van der Waals surface area contributed by atoms with Crippen LogP contribution >= 0.6 is 0 Å². The quantitative estimate of drug-likeness (QED) is 0.323. The molecule has 0 aromatic rings. The lowest BCUT2D eigenvalue weighted by molar-refractivity contribution is -0.156. The van der Waals surface area contributed by atoms with E-state index in [0.29, 0.717) is 6.42 Å². The third kappa shape index (κ3) is 6.65. The number of esters is 3. The van der Waals surface area contributed by atoms with Crippen molar-refractivity contribution in [1.82, 2.24) is 0 Å². The van der Waals surface area contributed by atoms with Crippen molar-refractivity contribution in [1.29, 1.82) is 0 Å². The number of allylic oxidation sites excluding steroid dienone is 1. The van der Waals surface area contributed by atoms with Crippen molar-refractivity contribution in [3.8, 4) is 0 Å². The minimum atomic E-state index is -0.954. The van der Waals surface area contributed by atoms with Crippen LogP contribution in [0.3, 0.4) is 0 Å². The summed E-state index contributed by atoms with van der Waals surface area (Å²) < 4.78 is 15.3. The highest BCUT2D eigenvalue weighted by atomic mass is 16.6. The molecule has 0 unspecified atom stereocenters. The minimum Gasteiger partial charge on any atom is -0.458 e. The molecule has 1 fully saturated rings. The van der Waals surface area contributed by atoms with Crippen LogP contribution in [0.25, 0.3) is 0 Å². The molecule has 0 amide bonds. The topological polar surface area (TPSA) is 99.1 Å². The molecule has 4 atom stereocenters. The summed E-state index contributed by atoms with van der Waals surface area (Å²) in [4.78, 5) is 33.9. The van der Waals surface area contributed by atoms with Crippen LogP contribution in [0.15, 0.2) is 24.3 Å². The standard InChI is InChI=1S/C16H22O7/c1-4-5-15(19)22-12(10(2)17)6-7-13(21-11(3)18)14-8-9-16(20)23-14/h4-7,10,12-14,17H,8-9H2,1-3H3/b5-4+,7-6+/t10-,12-,13+,14+/m1/s1. The summed E-state index contributed by atoms with van der Waals surface area (Å²) in [5.74, 6) is -1.48. The summed E-state index contributed by atoms with van der Waals surface area (Å²) >= 11 is 0. The van der Waals surface area contributed by atoms with Crippen molar-refractivity contribution < 1.29 is 33.7 Å². The minimum absolute atomic E-state index is 0.256. The third-order valence-corrected chi connectivity index (χ3v) is 3.11. The summed E-state index contributed by atoms with van der Waals surface area (Å²) in [6.07, 6.45) is 3.08. The van der Waals surface area contributed by atoms with Crippen LogP contribution in [-0.2, 0) is 28.6 Å². The molecule has 0 bridgehead atoms. The largest absolute Gasteiger partial charge is 0.458 e. The van der Waals surface area contributed by atoms with Gasteiger partial charge in [-0.3, -0.25) is 9.59 Å². The molecule has 0 saturated carbocycles. The second-order valence-corrected chi connectivity index (χ2v) is 5.17. The first-order valence-corrected chi connectivity index (χ1v) is 7.40. The molecular weight excluding hydrogens is 304 g/mol. The van der Waals surface area contributed by atoms with Crippen molar-refractivity contribution in [2.24, 2.45) is 0 Å². The van der Waals surface area contributed by atoms with E-state index in [9.17, 15) is 19.5 Å². The molecular formula is C16H22O7. The number of hydrogen-bond donors (Lipinski definition) is 1. The van der Waals surface area contributed by atoms with Gasteiger partial charge in [-0.1, -0.05) is 6.08 Å². The third-order valence-electron chi connectivity index (χ3n) is 3.11. The molecule has 23 heavy (non-hydrogen) atoms. The first-order valence-electron chi connectivity index (χ1n) is 7.40. The van der Waals surface area contributed by atoms with Gasteiger partial charge in [0.05, 0.1) is 6.10 Å². The number of aliphatic hydroxyl groups is 1.